The lowest BCUT2D eigenvalue weighted by Gasteiger charge is -2.40. The van der Waals surface area contributed by atoms with Crippen molar-refractivity contribution in [1.82, 2.24) is 4.90 Å². The van der Waals surface area contributed by atoms with Gasteiger partial charge in [0.15, 0.2) is 0 Å². The molecule has 30 heavy (non-hydrogen) atoms. The third-order valence-electron chi connectivity index (χ3n) is 5.84. The van der Waals surface area contributed by atoms with E-state index in [4.69, 9.17) is 4.74 Å². The van der Waals surface area contributed by atoms with Crippen LogP contribution in [-0.2, 0) is 14.4 Å². The van der Waals surface area contributed by atoms with Gasteiger partial charge in [-0.2, -0.15) is 0 Å². The second-order valence-corrected chi connectivity index (χ2v) is 7.87. The molecule has 2 aromatic carbocycles. The minimum atomic E-state index is -0.557. The summed E-state index contributed by atoms with van der Waals surface area (Å²) in [5.41, 5.74) is 3.35. The van der Waals surface area contributed by atoms with Crippen LogP contribution in [0.2, 0.25) is 0 Å². The van der Waals surface area contributed by atoms with Crippen LogP contribution in [0.5, 0.6) is 5.75 Å². The first kappa shape index (κ1) is 19.9. The Bertz CT molecular complexity index is 1020. The molecule has 4 rings (SSSR count). The van der Waals surface area contributed by atoms with Gasteiger partial charge >= 0.3 is 0 Å². The van der Waals surface area contributed by atoms with Gasteiger partial charge in [-0.3, -0.25) is 14.4 Å². The largest absolute Gasteiger partial charge is 0.497 e. The first-order valence-corrected chi connectivity index (χ1v) is 10.0. The van der Waals surface area contributed by atoms with Crippen molar-refractivity contribution in [2.75, 3.05) is 30.4 Å². The standard InChI is InChI=1S/C23H25N3O4/c1-14-6-4-5-7-20(14)26-15(2)12-25(13-22(26)28)21(27)11-18-17-9-8-16(30-3)10-19(17)24-23(18)29/h4-10,15,18H,11-13H2,1-3H3,(H,24,29)/t15-,18-/m0/s1. The van der Waals surface area contributed by atoms with Gasteiger partial charge in [0.2, 0.25) is 17.7 Å². The Morgan fingerprint density at radius 1 is 1.20 bits per heavy atom. The fraction of sp³-hybridized carbons (Fsp3) is 0.348. The van der Waals surface area contributed by atoms with Crippen molar-refractivity contribution in [3.63, 3.8) is 0 Å². The van der Waals surface area contributed by atoms with E-state index < -0.39 is 5.92 Å². The molecule has 0 aliphatic carbocycles. The number of nitrogens with zero attached hydrogens (tertiary/aromatic N) is 2. The lowest BCUT2D eigenvalue weighted by atomic mass is 9.96. The average molecular weight is 407 g/mol. The molecule has 0 aromatic heterocycles. The third kappa shape index (κ3) is 3.51. The smallest absolute Gasteiger partial charge is 0.246 e. The molecular formula is C23H25N3O4. The summed E-state index contributed by atoms with van der Waals surface area (Å²) in [7, 11) is 1.56. The quantitative estimate of drug-likeness (QED) is 0.845. The van der Waals surface area contributed by atoms with Crippen molar-refractivity contribution in [1.29, 1.82) is 0 Å². The molecule has 2 aromatic rings. The van der Waals surface area contributed by atoms with Gasteiger partial charge in [-0.25, -0.2) is 0 Å². The van der Waals surface area contributed by atoms with Crippen LogP contribution in [0.4, 0.5) is 11.4 Å². The number of para-hydroxylation sites is 1. The fourth-order valence-electron chi connectivity index (χ4n) is 4.29. The van der Waals surface area contributed by atoms with Crippen molar-refractivity contribution in [3.8, 4) is 5.75 Å². The second-order valence-electron chi connectivity index (χ2n) is 7.87. The van der Waals surface area contributed by atoms with Gasteiger partial charge in [0, 0.05) is 30.4 Å². The average Bonchev–Trinajstić information content (AvgIpc) is 3.03. The van der Waals surface area contributed by atoms with E-state index >= 15 is 0 Å². The van der Waals surface area contributed by atoms with Crippen LogP contribution < -0.4 is 15.0 Å². The summed E-state index contributed by atoms with van der Waals surface area (Å²) in [6.07, 6.45) is 0.0372. The highest BCUT2D eigenvalue weighted by atomic mass is 16.5. The van der Waals surface area contributed by atoms with Crippen LogP contribution in [0.3, 0.4) is 0 Å². The molecular weight excluding hydrogens is 382 g/mol. The minimum Gasteiger partial charge on any atom is -0.497 e. The van der Waals surface area contributed by atoms with E-state index in [1.54, 1.807) is 29.0 Å². The van der Waals surface area contributed by atoms with E-state index in [2.05, 4.69) is 5.32 Å². The number of ether oxygens (including phenoxy) is 1. The number of methoxy groups -OCH3 is 1. The Kier molecular flexibility index (Phi) is 5.20. The number of fused-ring (bicyclic) bond motifs is 1. The first-order valence-electron chi connectivity index (χ1n) is 10.0. The zero-order chi connectivity index (χ0) is 21.4. The number of carbonyl (C=O) groups is 3. The molecule has 3 amide bonds. The highest BCUT2D eigenvalue weighted by molar-refractivity contribution is 6.06. The zero-order valence-electron chi connectivity index (χ0n) is 17.3. The maximum Gasteiger partial charge on any atom is 0.246 e. The molecule has 7 nitrogen and oxygen atoms in total. The van der Waals surface area contributed by atoms with Crippen molar-refractivity contribution in [2.45, 2.75) is 32.2 Å². The molecule has 7 heteroatoms. The van der Waals surface area contributed by atoms with Gasteiger partial charge in [0.05, 0.1) is 19.1 Å². The van der Waals surface area contributed by atoms with Crippen LogP contribution in [0.15, 0.2) is 42.5 Å². The Balaban J connectivity index is 1.48. The molecule has 1 fully saturated rings. The molecule has 0 spiro atoms. The van der Waals surface area contributed by atoms with E-state index in [9.17, 15) is 14.4 Å². The summed E-state index contributed by atoms with van der Waals surface area (Å²) in [5.74, 6) is -0.420. The van der Waals surface area contributed by atoms with E-state index in [1.807, 2.05) is 44.2 Å². The zero-order valence-corrected chi connectivity index (χ0v) is 17.3. The normalized spacial score (nSPS) is 20.8. The fourth-order valence-corrected chi connectivity index (χ4v) is 4.29. The number of hydrogen-bond acceptors (Lipinski definition) is 4. The monoisotopic (exact) mass is 407 g/mol. The van der Waals surface area contributed by atoms with Gasteiger partial charge in [-0.05, 0) is 37.1 Å². The highest BCUT2D eigenvalue weighted by Gasteiger charge is 2.37. The number of hydrogen-bond donors (Lipinski definition) is 1. The third-order valence-corrected chi connectivity index (χ3v) is 5.84. The molecule has 0 unspecified atom stereocenters. The van der Waals surface area contributed by atoms with Gasteiger partial charge in [0.25, 0.3) is 0 Å². The number of amides is 3. The summed E-state index contributed by atoms with van der Waals surface area (Å²) in [5, 5.41) is 2.82. The minimum absolute atomic E-state index is 0.0152. The highest BCUT2D eigenvalue weighted by Crippen LogP contribution is 2.37. The Labute approximate surface area is 175 Å². The molecule has 1 N–H and O–H groups in total. The summed E-state index contributed by atoms with van der Waals surface area (Å²) < 4.78 is 5.20. The number of nitrogens with one attached hydrogen (secondary N) is 1. The first-order chi connectivity index (χ1) is 14.4. The Morgan fingerprint density at radius 2 is 1.97 bits per heavy atom. The molecule has 156 valence electrons. The van der Waals surface area contributed by atoms with E-state index in [-0.39, 0.29) is 36.7 Å². The van der Waals surface area contributed by atoms with E-state index in [0.29, 0.717) is 18.0 Å². The van der Waals surface area contributed by atoms with Gasteiger partial charge in [-0.1, -0.05) is 24.3 Å². The summed E-state index contributed by atoms with van der Waals surface area (Å²) in [6.45, 7) is 4.36. The lowest BCUT2D eigenvalue weighted by molar-refractivity contribution is -0.138. The summed E-state index contributed by atoms with van der Waals surface area (Å²) in [4.78, 5) is 41.7. The van der Waals surface area contributed by atoms with E-state index in [0.717, 1.165) is 16.8 Å². The van der Waals surface area contributed by atoms with Crippen LogP contribution in [0.25, 0.3) is 0 Å². The van der Waals surface area contributed by atoms with Crippen molar-refractivity contribution >= 4 is 29.1 Å². The molecule has 2 aliphatic heterocycles. The molecule has 2 aliphatic rings. The van der Waals surface area contributed by atoms with Crippen molar-refractivity contribution in [3.05, 3.63) is 53.6 Å². The maximum atomic E-state index is 13.0. The topological polar surface area (TPSA) is 79.0 Å². The number of benzene rings is 2. The van der Waals surface area contributed by atoms with Crippen LogP contribution in [-0.4, -0.2) is 48.9 Å². The van der Waals surface area contributed by atoms with Crippen LogP contribution >= 0.6 is 0 Å². The van der Waals surface area contributed by atoms with Crippen molar-refractivity contribution in [2.24, 2.45) is 0 Å². The molecule has 2 atom stereocenters. The molecule has 0 radical (unpaired) electrons. The van der Waals surface area contributed by atoms with Crippen LogP contribution in [0, 0.1) is 6.92 Å². The molecule has 0 bridgehead atoms. The van der Waals surface area contributed by atoms with Gasteiger partial charge in [0.1, 0.15) is 12.3 Å². The molecule has 2 heterocycles. The number of aryl methyl sites for hydroxylation is 1. The Morgan fingerprint density at radius 3 is 2.67 bits per heavy atom. The van der Waals surface area contributed by atoms with Crippen LogP contribution in [0.1, 0.15) is 30.4 Å². The number of anilines is 2. The SMILES string of the molecule is COc1ccc2c(c1)NC(=O)[C@H]2CC(=O)N1CC(=O)N(c2ccccc2C)[C@@H](C)C1. The second kappa shape index (κ2) is 7.82. The predicted octanol–water partition coefficient (Wildman–Crippen LogP) is 2.69. The summed E-state index contributed by atoms with van der Waals surface area (Å²) >= 11 is 0. The summed E-state index contributed by atoms with van der Waals surface area (Å²) in [6, 6.07) is 12.9. The molecule has 1 saturated heterocycles. The maximum absolute atomic E-state index is 13.0. The van der Waals surface area contributed by atoms with Gasteiger partial charge < -0.3 is 19.9 Å². The van der Waals surface area contributed by atoms with Gasteiger partial charge in [-0.15, -0.1) is 0 Å². The van der Waals surface area contributed by atoms with E-state index in [1.165, 1.54) is 0 Å². The number of piperazine rings is 1. The predicted molar refractivity (Wildman–Crippen MR) is 114 cm³/mol. The van der Waals surface area contributed by atoms with Crippen molar-refractivity contribution < 1.29 is 19.1 Å². The molecule has 0 saturated carbocycles. The Hall–Kier alpha value is -3.35. The number of carbonyl (C=O) groups excluding carboxylic acids is 3. The number of rotatable bonds is 4. The lowest BCUT2D eigenvalue weighted by Crippen LogP contribution is -2.57.